The fourth-order valence-corrected chi connectivity index (χ4v) is 5.20. The highest BCUT2D eigenvalue weighted by atomic mass is 19.1. The molecule has 4 aromatic rings. The van der Waals surface area contributed by atoms with E-state index in [4.69, 9.17) is 0 Å². The first-order chi connectivity index (χ1) is 18.9. The second-order valence-corrected chi connectivity index (χ2v) is 9.81. The lowest BCUT2D eigenvalue weighted by Crippen LogP contribution is -2.53. The Morgan fingerprint density at radius 3 is 1.87 bits per heavy atom. The number of hydrogen-bond donors (Lipinski definition) is 0. The molecule has 1 amide bonds. The van der Waals surface area contributed by atoms with Gasteiger partial charge in [0.05, 0.1) is 6.04 Å². The third-order valence-electron chi connectivity index (χ3n) is 7.20. The van der Waals surface area contributed by atoms with Gasteiger partial charge in [-0.3, -0.25) is 23.9 Å². The zero-order chi connectivity index (χ0) is 27.4. The number of carbonyl (C=O) groups excluding carboxylic acids is 2. The SMILES string of the molecule is Cc1ccc(=O)n(C(C(=O)c2ccc(F)cc2)C(=O)N2CCN(C(c3ccccc3)c3ccccc3)CC2)c1. The average Bonchev–Trinajstić information content (AvgIpc) is 2.97. The number of rotatable bonds is 7. The fraction of sp³-hybridized carbons (Fsp3) is 0.219. The quantitative estimate of drug-likeness (QED) is 0.261. The van der Waals surface area contributed by atoms with Crippen LogP contribution in [0.2, 0.25) is 0 Å². The van der Waals surface area contributed by atoms with E-state index in [0.29, 0.717) is 26.2 Å². The number of pyridine rings is 1. The molecule has 0 aliphatic carbocycles. The first-order valence-electron chi connectivity index (χ1n) is 13.0. The van der Waals surface area contributed by atoms with Crippen LogP contribution < -0.4 is 5.56 Å². The summed E-state index contributed by atoms with van der Waals surface area (Å²) >= 11 is 0. The Morgan fingerprint density at radius 2 is 1.31 bits per heavy atom. The van der Waals surface area contributed by atoms with Gasteiger partial charge in [0.15, 0.2) is 11.8 Å². The van der Waals surface area contributed by atoms with E-state index < -0.39 is 29.1 Å². The molecule has 1 aliphatic rings. The van der Waals surface area contributed by atoms with Crippen molar-refractivity contribution in [3.05, 3.63) is 142 Å². The first-order valence-corrected chi connectivity index (χ1v) is 13.0. The Bertz CT molecular complexity index is 1460. The molecule has 0 radical (unpaired) electrons. The number of piperazine rings is 1. The van der Waals surface area contributed by atoms with Crippen LogP contribution in [-0.4, -0.2) is 52.2 Å². The van der Waals surface area contributed by atoms with Gasteiger partial charge < -0.3 is 4.90 Å². The van der Waals surface area contributed by atoms with E-state index >= 15 is 0 Å². The van der Waals surface area contributed by atoms with Crippen molar-refractivity contribution in [3.8, 4) is 0 Å². The molecule has 0 saturated carbocycles. The fourth-order valence-electron chi connectivity index (χ4n) is 5.20. The van der Waals surface area contributed by atoms with Crippen LogP contribution in [0.25, 0.3) is 0 Å². The standard InChI is InChI=1S/C32H30FN3O3/c1-23-12-17-28(37)36(22-23)30(31(38)26-13-15-27(33)16-14-26)32(39)35-20-18-34(19-21-35)29(24-8-4-2-5-9-24)25-10-6-3-7-11-25/h2-17,22,29-30H,18-21H2,1H3. The Balaban J connectivity index is 1.41. The number of ketones is 1. The number of aromatic nitrogens is 1. The number of halogens is 1. The highest BCUT2D eigenvalue weighted by Crippen LogP contribution is 2.30. The molecule has 3 aromatic carbocycles. The van der Waals surface area contributed by atoms with Gasteiger partial charge in [0.1, 0.15) is 5.82 Å². The summed E-state index contributed by atoms with van der Waals surface area (Å²) < 4.78 is 14.7. The summed E-state index contributed by atoms with van der Waals surface area (Å²) in [4.78, 5) is 44.3. The number of amides is 1. The van der Waals surface area contributed by atoms with E-state index in [1.165, 1.54) is 52.2 Å². The summed E-state index contributed by atoms with van der Waals surface area (Å²) in [6.07, 6.45) is 1.53. The number of nitrogens with zero attached hydrogens (tertiary/aromatic N) is 3. The lowest BCUT2D eigenvalue weighted by atomic mass is 9.96. The molecule has 1 fully saturated rings. The molecular weight excluding hydrogens is 493 g/mol. The lowest BCUT2D eigenvalue weighted by molar-refractivity contribution is -0.135. The normalized spacial score (nSPS) is 14.8. The number of aryl methyl sites for hydroxylation is 1. The summed E-state index contributed by atoms with van der Waals surface area (Å²) in [5.74, 6) is -1.46. The third kappa shape index (κ3) is 5.73. The Morgan fingerprint density at radius 1 is 0.744 bits per heavy atom. The zero-order valence-corrected chi connectivity index (χ0v) is 21.7. The second-order valence-electron chi connectivity index (χ2n) is 9.81. The van der Waals surface area contributed by atoms with E-state index in [-0.39, 0.29) is 11.6 Å². The number of hydrogen-bond acceptors (Lipinski definition) is 4. The second kappa shape index (κ2) is 11.6. The molecule has 1 saturated heterocycles. The monoisotopic (exact) mass is 523 g/mol. The Hall–Kier alpha value is -4.36. The largest absolute Gasteiger partial charge is 0.338 e. The van der Waals surface area contributed by atoms with Crippen LogP contribution in [0.1, 0.15) is 39.1 Å². The van der Waals surface area contributed by atoms with Crippen molar-refractivity contribution >= 4 is 11.7 Å². The van der Waals surface area contributed by atoms with Gasteiger partial charge in [-0.05, 0) is 47.9 Å². The van der Waals surface area contributed by atoms with Crippen LogP contribution in [0.4, 0.5) is 4.39 Å². The van der Waals surface area contributed by atoms with Crippen LogP contribution in [0, 0.1) is 12.7 Å². The van der Waals surface area contributed by atoms with Crippen molar-refractivity contribution in [2.45, 2.75) is 19.0 Å². The van der Waals surface area contributed by atoms with Crippen molar-refractivity contribution in [1.82, 2.24) is 14.4 Å². The molecule has 0 N–H and O–H groups in total. The zero-order valence-electron chi connectivity index (χ0n) is 21.7. The maximum Gasteiger partial charge on any atom is 0.253 e. The smallest absolute Gasteiger partial charge is 0.253 e. The number of benzene rings is 3. The summed E-state index contributed by atoms with van der Waals surface area (Å²) in [6.45, 7) is 3.80. The lowest BCUT2D eigenvalue weighted by Gasteiger charge is -2.40. The minimum Gasteiger partial charge on any atom is -0.338 e. The maximum absolute atomic E-state index is 13.9. The molecule has 1 atom stereocenters. The van der Waals surface area contributed by atoms with Gasteiger partial charge in [-0.2, -0.15) is 0 Å². The predicted molar refractivity (Wildman–Crippen MR) is 148 cm³/mol. The van der Waals surface area contributed by atoms with Gasteiger partial charge in [0, 0.05) is 44.0 Å². The van der Waals surface area contributed by atoms with Crippen molar-refractivity contribution in [2.24, 2.45) is 0 Å². The van der Waals surface area contributed by atoms with Crippen LogP contribution >= 0.6 is 0 Å². The number of Topliss-reactive ketones (excluding diaryl/α,β-unsaturated/α-hetero) is 1. The van der Waals surface area contributed by atoms with Gasteiger partial charge >= 0.3 is 0 Å². The molecule has 1 aliphatic heterocycles. The molecule has 1 aromatic heterocycles. The highest BCUT2D eigenvalue weighted by molar-refractivity contribution is 6.11. The minimum atomic E-state index is -1.37. The molecule has 5 rings (SSSR count). The average molecular weight is 524 g/mol. The van der Waals surface area contributed by atoms with Crippen LogP contribution in [-0.2, 0) is 4.79 Å². The summed E-state index contributed by atoms with van der Waals surface area (Å²) in [5, 5.41) is 0. The van der Waals surface area contributed by atoms with E-state index in [9.17, 15) is 18.8 Å². The predicted octanol–water partition coefficient (Wildman–Crippen LogP) is 4.65. The van der Waals surface area contributed by atoms with E-state index in [0.717, 1.165) is 5.56 Å². The molecule has 39 heavy (non-hydrogen) atoms. The van der Waals surface area contributed by atoms with Gasteiger partial charge in [0.25, 0.3) is 11.5 Å². The molecule has 0 spiro atoms. The van der Waals surface area contributed by atoms with E-state index in [2.05, 4.69) is 29.2 Å². The minimum absolute atomic E-state index is 0.0284. The van der Waals surface area contributed by atoms with Gasteiger partial charge in [0.2, 0.25) is 0 Å². The first kappa shape index (κ1) is 26.3. The topological polar surface area (TPSA) is 62.6 Å². The van der Waals surface area contributed by atoms with E-state index in [1.807, 2.05) is 36.4 Å². The van der Waals surface area contributed by atoms with Gasteiger partial charge in [-0.15, -0.1) is 0 Å². The summed E-state index contributed by atoms with van der Waals surface area (Å²) in [7, 11) is 0. The summed E-state index contributed by atoms with van der Waals surface area (Å²) in [5.41, 5.74) is 2.81. The molecule has 0 bridgehead atoms. The van der Waals surface area contributed by atoms with Crippen LogP contribution in [0.15, 0.2) is 108 Å². The molecule has 198 valence electrons. The van der Waals surface area contributed by atoms with Gasteiger partial charge in [-0.25, -0.2) is 4.39 Å². The molecule has 1 unspecified atom stereocenters. The number of carbonyl (C=O) groups is 2. The van der Waals surface area contributed by atoms with Crippen molar-refractivity contribution in [2.75, 3.05) is 26.2 Å². The van der Waals surface area contributed by atoms with Gasteiger partial charge in [-0.1, -0.05) is 66.7 Å². The van der Waals surface area contributed by atoms with Crippen molar-refractivity contribution in [3.63, 3.8) is 0 Å². The van der Waals surface area contributed by atoms with E-state index in [1.54, 1.807) is 17.9 Å². The third-order valence-corrected chi connectivity index (χ3v) is 7.20. The summed E-state index contributed by atoms with van der Waals surface area (Å²) in [6, 6.07) is 27.2. The van der Waals surface area contributed by atoms with Crippen LogP contribution in [0.3, 0.4) is 0 Å². The molecule has 6 nitrogen and oxygen atoms in total. The highest BCUT2D eigenvalue weighted by Gasteiger charge is 2.36. The Kier molecular flexibility index (Phi) is 7.79. The molecular formula is C32H30FN3O3. The van der Waals surface area contributed by atoms with Crippen molar-refractivity contribution < 1.29 is 14.0 Å². The Labute approximate surface area is 226 Å². The van der Waals surface area contributed by atoms with Crippen LogP contribution in [0.5, 0.6) is 0 Å². The molecule has 2 heterocycles. The maximum atomic E-state index is 13.9. The van der Waals surface area contributed by atoms with Crippen molar-refractivity contribution in [1.29, 1.82) is 0 Å². The molecule has 7 heteroatoms.